The lowest BCUT2D eigenvalue weighted by atomic mass is 9.91. The summed E-state index contributed by atoms with van der Waals surface area (Å²) < 4.78 is 35.4. The smallest absolute Gasteiger partial charge is 0.178 e. The Labute approximate surface area is 207 Å². The summed E-state index contributed by atoms with van der Waals surface area (Å²) in [6, 6.07) is 4.01. The molecule has 0 amide bonds. The molecule has 0 N–H and O–H groups in total. The fourth-order valence-electron chi connectivity index (χ4n) is 5.82. The molecule has 0 spiro atoms. The van der Waals surface area contributed by atoms with E-state index < -0.39 is 11.6 Å². The molecular formula is C27H37F2N5O. The third-order valence-electron chi connectivity index (χ3n) is 7.93. The SMILES string of the molecule is CC(C)N1CCOc2c(F)cc(-c3nc(CC4CCN(C5CCN(C)CC5)CC4)ncc3F)cc21. The molecule has 1 aromatic carbocycles. The van der Waals surface area contributed by atoms with Gasteiger partial charge in [-0.1, -0.05) is 0 Å². The number of ether oxygens (including phenoxy) is 1. The van der Waals surface area contributed by atoms with Crippen LogP contribution in [0.4, 0.5) is 14.5 Å². The van der Waals surface area contributed by atoms with E-state index >= 15 is 0 Å². The van der Waals surface area contributed by atoms with Gasteiger partial charge in [-0.3, -0.25) is 0 Å². The van der Waals surface area contributed by atoms with E-state index in [9.17, 15) is 8.78 Å². The van der Waals surface area contributed by atoms with Crippen LogP contribution in [0.1, 0.15) is 45.4 Å². The van der Waals surface area contributed by atoms with Crippen molar-refractivity contribution in [3.8, 4) is 17.0 Å². The van der Waals surface area contributed by atoms with Crippen molar-refractivity contribution >= 4 is 5.69 Å². The van der Waals surface area contributed by atoms with Gasteiger partial charge < -0.3 is 19.4 Å². The van der Waals surface area contributed by atoms with Crippen LogP contribution in [0.2, 0.25) is 0 Å². The van der Waals surface area contributed by atoms with Crippen molar-refractivity contribution in [3.05, 3.63) is 35.8 Å². The molecule has 4 heterocycles. The molecule has 2 aromatic rings. The predicted molar refractivity (Wildman–Crippen MR) is 134 cm³/mol. The monoisotopic (exact) mass is 485 g/mol. The summed E-state index contributed by atoms with van der Waals surface area (Å²) in [7, 11) is 2.20. The normalized spacial score (nSPS) is 20.8. The van der Waals surface area contributed by atoms with E-state index in [0.29, 0.717) is 42.2 Å². The quantitative estimate of drug-likeness (QED) is 0.627. The lowest BCUT2D eigenvalue weighted by molar-refractivity contribution is 0.0851. The van der Waals surface area contributed by atoms with Gasteiger partial charge in [0.1, 0.15) is 18.1 Å². The third kappa shape index (κ3) is 5.28. The molecule has 2 fully saturated rings. The van der Waals surface area contributed by atoms with Gasteiger partial charge in [0.2, 0.25) is 0 Å². The maximum absolute atomic E-state index is 14.9. The van der Waals surface area contributed by atoms with Crippen molar-refractivity contribution in [1.82, 2.24) is 19.8 Å². The molecule has 8 heteroatoms. The number of fused-ring (bicyclic) bond motifs is 1. The average Bonchev–Trinajstić information content (AvgIpc) is 2.86. The second-order valence-corrected chi connectivity index (χ2v) is 10.6. The topological polar surface area (TPSA) is 44.7 Å². The van der Waals surface area contributed by atoms with Gasteiger partial charge in [0.15, 0.2) is 17.4 Å². The Morgan fingerprint density at radius 3 is 2.46 bits per heavy atom. The molecule has 35 heavy (non-hydrogen) atoms. The van der Waals surface area contributed by atoms with Gasteiger partial charge in [0.25, 0.3) is 0 Å². The molecule has 0 atom stereocenters. The third-order valence-corrected chi connectivity index (χ3v) is 7.93. The number of hydrogen-bond acceptors (Lipinski definition) is 6. The number of likely N-dealkylation sites (tertiary alicyclic amines) is 2. The molecular weight excluding hydrogens is 448 g/mol. The van der Waals surface area contributed by atoms with Crippen LogP contribution in [0.25, 0.3) is 11.3 Å². The number of piperidine rings is 2. The minimum absolute atomic E-state index is 0.162. The maximum atomic E-state index is 14.9. The summed E-state index contributed by atoms with van der Waals surface area (Å²) in [5.74, 6) is 0.344. The van der Waals surface area contributed by atoms with E-state index in [4.69, 9.17) is 4.74 Å². The number of nitrogens with zero attached hydrogens (tertiary/aromatic N) is 5. The van der Waals surface area contributed by atoms with Crippen molar-refractivity contribution in [2.24, 2.45) is 5.92 Å². The second kappa shape index (κ2) is 10.3. The Hall–Kier alpha value is -2.32. The van der Waals surface area contributed by atoms with E-state index in [0.717, 1.165) is 32.4 Å². The van der Waals surface area contributed by atoms with Crippen LogP contribution >= 0.6 is 0 Å². The van der Waals surface area contributed by atoms with Crippen LogP contribution in [-0.2, 0) is 6.42 Å². The summed E-state index contributed by atoms with van der Waals surface area (Å²) in [5, 5.41) is 0. The highest BCUT2D eigenvalue weighted by atomic mass is 19.1. The Morgan fingerprint density at radius 2 is 1.74 bits per heavy atom. The van der Waals surface area contributed by atoms with Crippen LogP contribution < -0.4 is 9.64 Å². The first-order valence-electron chi connectivity index (χ1n) is 13.1. The highest BCUT2D eigenvalue weighted by Gasteiger charge is 2.29. The molecule has 190 valence electrons. The molecule has 3 aliphatic heterocycles. The maximum Gasteiger partial charge on any atom is 0.178 e. The van der Waals surface area contributed by atoms with Crippen molar-refractivity contribution in [1.29, 1.82) is 0 Å². The molecule has 3 aliphatic rings. The number of anilines is 1. The van der Waals surface area contributed by atoms with Crippen LogP contribution in [0.3, 0.4) is 0 Å². The van der Waals surface area contributed by atoms with Gasteiger partial charge in [0.05, 0.1) is 18.4 Å². The highest BCUT2D eigenvalue weighted by Crippen LogP contribution is 2.39. The number of hydrogen-bond donors (Lipinski definition) is 0. The Morgan fingerprint density at radius 1 is 1.00 bits per heavy atom. The molecule has 0 aliphatic carbocycles. The zero-order chi connectivity index (χ0) is 24.5. The molecule has 0 unspecified atom stereocenters. The van der Waals surface area contributed by atoms with Gasteiger partial charge in [-0.25, -0.2) is 18.7 Å². The number of benzene rings is 1. The van der Waals surface area contributed by atoms with E-state index in [1.807, 2.05) is 0 Å². The van der Waals surface area contributed by atoms with E-state index in [1.54, 1.807) is 6.07 Å². The zero-order valence-electron chi connectivity index (χ0n) is 21.1. The molecule has 0 radical (unpaired) electrons. The Balaban J connectivity index is 1.30. The molecule has 1 aromatic heterocycles. The highest BCUT2D eigenvalue weighted by molar-refractivity contribution is 5.72. The lowest BCUT2D eigenvalue weighted by Crippen LogP contribution is -2.47. The van der Waals surface area contributed by atoms with Crippen molar-refractivity contribution < 1.29 is 13.5 Å². The van der Waals surface area contributed by atoms with Crippen molar-refractivity contribution in [2.75, 3.05) is 51.3 Å². The minimum atomic E-state index is -0.530. The summed E-state index contributed by atoms with van der Waals surface area (Å²) >= 11 is 0. The van der Waals surface area contributed by atoms with E-state index in [2.05, 4.69) is 45.6 Å². The van der Waals surface area contributed by atoms with Crippen LogP contribution in [0, 0.1) is 17.6 Å². The first kappa shape index (κ1) is 24.4. The number of halogens is 2. The van der Waals surface area contributed by atoms with Gasteiger partial charge in [-0.2, -0.15) is 0 Å². The summed E-state index contributed by atoms with van der Waals surface area (Å²) in [4.78, 5) is 16.0. The molecule has 0 bridgehead atoms. The molecule has 6 nitrogen and oxygen atoms in total. The van der Waals surface area contributed by atoms with Crippen molar-refractivity contribution in [3.63, 3.8) is 0 Å². The molecule has 2 saturated heterocycles. The van der Waals surface area contributed by atoms with E-state index in [1.165, 1.54) is 38.2 Å². The minimum Gasteiger partial charge on any atom is -0.486 e. The van der Waals surface area contributed by atoms with E-state index in [-0.39, 0.29) is 17.5 Å². The first-order valence-corrected chi connectivity index (χ1v) is 13.1. The van der Waals surface area contributed by atoms with Gasteiger partial charge in [-0.05, 0) is 90.8 Å². The number of rotatable bonds is 5. The van der Waals surface area contributed by atoms with Crippen LogP contribution in [0.15, 0.2) is 18.3 Å². The molecule has 5 rings (SSSR count). The Kier molecular flexibility index (Phi) is 7.21. The number of aromatic nitrogens is 2. The fourth-order valence-corrected chi connectivity index (χ4v) is 5.82. The lowest BCUT2D eigenvalue weighted by Gasteiger charge is -2.41. The van der Waals surface area contributed by atoms with Crippen LogP contribution in [0.5, 0.6) is 5.75 Å². The van der Waals surface area contributed by atoms with Gasteiger partial charge >= 0.3 is 0 Å². The van der Waals surface area contributed by atoms with Gasteiger partial charge in [-0.15, -0.1) is 0 Å². The van der Waals surface area contributed by atoms with Crippen molar-refractivity contribution in [2.45, 2.75) is 58.0 Å². The zero-order valence-corrected chi connectivity index (χ0v) is 21.1. The standard InChI is InChI=1S/C27H37F2N5O/c1-18(2)34-12-13-35-27-22(28)15-20(16-24(27)34)26-23(29)17-30-25(31-26)14-19-4-10-33(11-5-19)21-6-8-32(3)9-7-21/h15-19,21H,4-14H2,1-3H3. The Bertz CT molecular complexity index is 1030. The summed E-state index contributed by atoms with van der Waals surface area (Å²) in [6.45, 7) is 9.79. The van der Waals surface area contributed by atoms with Crippen LogP contribution in [-0.4, -0.2) is 78.2 Å². The largest absolute Gasteiger partial charge is 0.486 e. The summed E-state index contributed by atoms with van der Waals surface area (Å²) in [5.41, 5.74) is 1.24. The predicted octanol–water partition coefficient (Wildman–Crippen LogP) is 4.38. The summed E-state index contributed by atoms with van der Waals surface area (Å²) in [6.07, 6.45) is 6.68. The second-order valence-electron chi connectivity index (χ2n) is 10.6. The van der Waals surface area contributed by atoms with Gasteiger partial charge in [0, 0.05) is 24.1 Å². The molecule has 0 saturated carbocycles. The average molecular weight is 486 g/mol. The fraction of sp³-hybridized carbons (Fsp3) is 0.630. The first-order chi connectivity index (χ1) is 16.9.